The molecule has 1 unspecified atom stereocenters. The number of phenolic OH excluding ortho intramolecular Hbond substituents is 1. The Hall–Kier alpha value is -1.26. The molecule has 2 N–H and O–H groups in total. The number of rotatable bonds is 4. The van der Waals surface area contributed by atoms with E-state index in [1.54, 1.807) is 12.1 Å². The van der Waals surface area contributed by atoms with E-state index in [2.05, 4.69) is 17.1 Å². The average molecular weight is 297 g/mol. The molecule has 1 amide bonds. The van der Waals surface area contributed by atoms with Gasteiger partial charge in [0.2, 0.25) is 0 Å². The molecule has 0 aromatic heterocycles. The fraction of sp³-hybridized carbons (Fsp3) is 0.533. The molecule has 20 heavy (non-hydrogen) atoms. The summed E-state index contributed by atoms with van der Waals surface area (Å²) in [4.78, 5) is 14.4. The van der Waals surface area contributed by atoms with Gasteiger partial charge in [0, 0.05) is 17.6 Å². The van der Waals surface area contributed by atoms with Gasteiger partial charge in [-0.25, -0.2) is 0 Å². The van der Waals surface area contributed by atoms with Crippen molar-refractivity contribution in [2.24, 2.45) is 0 Å². The van der Waals surface area contributed by atoms with Crippen molar-refractivity contribution >= 4 is 17.5 Å². The van der Waals surface area contributed by atoms with Crippen molar-refractivity contribution in [3.63, 3.8) is 0 Å². The largest absolute Gasteiger partial charge is 0.507 e. The summed E-state index contributed by atoms with van der Waals surface area (Å²) in [5.41, 5.74) is 0.264. The maximum Gasteiger partial charge on any atom is 0.255 e. The standard InChI is InChI=1S/C15H21ClN2O2/c1-11(18-7-3-2-4-8-18)10-17-15(20)13-6-5-12(16)9-14(13)19/h5-6,9,11,19H,2-4,7-8,10H2,1H3,(H,17,20). The molecule has 1 atom stereocenters. The number of hydrogen-bond acceptors (Lipinski definition) is 3. The van der Waals surface area contributed by atoms with E-state index in [1.807, 2.05) is 0 Å². The summed E-state index contributed by atoms with van der Waals surface area (Å²) in [6.07, 6.45) is 3.76. The molecule has 0 saturated carbocycles. The molecule has 4 nitrogen and oxygen atoms in total. The molecule has 1 fully saturated rings. The Kier molecular flexibility index (Phi) is 5.26. The summed E-state index contributed by atoms with van der Waals surface area (Å²) >= 11 is 5.75. The highest BCUT2D eigenvalue weighted by atomic mass is 35.5. The van der Waals surface area contributed by atoms with Gasteiger partial charge < -0.3 is 10.4 Å². The van der Waals surface area contributed by atoms with E-state index in [0.29, 0.717) is 17.6 Å². The van der Waals surface area contributed by atoms with E-state index in [1.165, 1.54) is 25.3 Å². The predicted octanol–water partition coefficient (Wildman–Crippen LogP) is 2.65. The van der Waals surface area contributed by atoms with Crippen molar-refractivity contribution in [2.75, 3.05) is 19.6 Å². The lowest BCUT2D eigenvalue weighted by molar-refractivity contribution is 0.0927. The van der Waals surface area contributed by atoms with Crippen LogP contribution in [0.1, 0.15) is 36.5 Å². The summed E-state index contributed by atoms with van der Waals surface area (Å²) in [6.45, 7) is 4.90. The van der Waals surface area contributed by atoms with Crippen LogP contribution in [-0.4, -0.2) is 41.6 Å². The Labute approximate surface area is 124 Å². The number of nitrogens with zero attached hydrogens (tertiary/aromatic N) is 1. The summed E-state index contributed by atoms with van der Waals surface area (Å²) in [7, 11) is 0. The first-order chi connectivity index (χ1) is 9.58. The molecule has 1 heterocycles. The number of benzene rings is 1. The van der Waals surface area contributed by atoms with E-state index >= 15 is 0 Å². The van der Waals surface area contributed by atoms with Gasteiger partial charge >= 0.3 is 0 Å². The third-order valence-electron chi connectivity index (χ3n) is 3.78. The van der Waals surface area contributed by atoms with Gasteiger partial charge in [0.25, 0.3) is 5.91 Å². The number of amides is 1. The lowest BCUT2D eigenvalue weighted by Gasteiger charge is -2.32. The van der Waals surface area contributed by atoms with Crippen LogP contribution in [0, 0.1) is 0 Å². The Morgan fingerprint density at radius 3 is 2.75 bits per heavy atom. The number of aromatic hydroxyl groups is 1. The Morgan fingerprint density at radius 1 is 1.40 bits per heavy atom. The van der Waals surface area contributed by atoms with E-state index < -0.39 is 0 Å². The van der Waals surface area contributed by atoms with Crippen molar-refractivity contribution in [3.8, 4) is 5.75 Å². The fourth-order valence-corrected chi connectivity index (χ4v) is 2.69. The summed E-state index contributed by atoms with van der Waals surface area (Å²) in [5.74, 6) is -0.344. The topological polar surface area (TPSA) is 52.6 Å². The van der Waals surface area contributed by atoms with Crippen molar-refractivity contribution in [3.05, 3.63) is 28.8 Å². The van der Waals surface area contributed by atoms with Gasteiger partial charge in [0.15, 0.2) is 0 Å². The quantitative estimate of drug-likeness (QED) is 0.898. The average Bonchev–Trinajstić information content (AvgIpc) is 2.45. The second-order valence-corrected chi connectivity index (χ2v) is 5.75. The van der Waals surface area contributed by atoms with Crippen LogP contribution < -0.4 is 5.32 Å². The molecule has 1 aromatic carbocycles. The van der Waals surface area contributed by atoms with Gasteiger partial charge in [-0.3, -0.25) is 9.69 Å². The molecule has 1 aromatic rings. The third-order valence-corrected chi connectivity index (χ3v) is 4.01. The van der Waals surface area contributed by atoms with Crippen LogP contribution >= 0.6 is 11.6 Å². The van der Waals surface area contributed by atoms with Gasteiger partial charge in [-0.2, -0.15) is 0 Å². The first-order valence-corrected chi connectivity index (χ1v) is 7.46. The maximum absolute atomic E-state index is 12.0. The minimum atomic E-state index is -0.261. The van der Waals surface area contributed by atoms with Crippen molar-refractivity contribution in [1.82, 2.24) is 10.2 Å². The Balaban J connectivity index is 1.88. The number of likely N-dealkylation sites (tertiary alicyclic amines) is 1. The first-order valence-electron chi connectivity index (χ1n) is 7.08. The number of hydrogen-bond donors (Lipinski definition) is 2. The molecule has 5 heteroatoms. The Morgan fingerprint density at radius 2 is 2.10 bits per heavy atom. The van der Waals surface area contributed by atoms with Crippen LogP contribution in [0.5, 0.6) is 5.75 Å². The summed E-state index contributed by atoms with van der Waals surface area (Å²) in [5, 5.41) is 13.0. The zero-order chi connectivity index (χ0) is 14.5. The SMILES string of the molecule is CC(CNC(=O)c1ccc(Cl)cc1O)N1CCCCC1. The van der Waals surface area contributed by atoms with Crippen LogP contribution in [0.2, 0.25) is 5.02 Å². The maximum atomic E-state index is 12.0. The molecule has 0 spiro atoms. The van der Waals surface area contributed by atoms with Gasteiger partial charge in [-0.05, 0) is 51.1 Å². The van der Waals surface area contributed by atoms with Gasteiger partial charge in [0.05, 0.1) is 5.56 Å². The zero-order valence-corrected chi connectivity index (χ0v) is 12.5. The highest BCUT2D eigenvalue weighted by Gasteiger charge is 2.18. The van der Waals surface area contributed by atoms with Crippen LogP contribution in [0.15, 0.2) is 18.2 Å². The molecule has 1 aliphatic heterocycles. The molecule has 0 aliphatic carbocycles. The fourth-order valence-electron chi connectivity index (χ4n) is 2.52. The monoisotopic (exact) mass is 296 g/mol. The zero-order valence-electron chi connectivity index (χ0n) is 11.7. The molecule has 1 aliphatic rings. The van der Waals surface area contributed by atoms with Gasteiger partial charge in [-0.15, -0.1) is 0 Å². The smallest absolute Gasteiger partial charge is 0.255 e. The van der Waals surface area contributed by atoms with Gasteiger partial charge in [-0.1, -0.05) is 18.0 Å². The number of carbonyl (C=O) groups is 1. The number of nitrogens with one attached hydrogen (secondary N) is 1. The lowest BCUT2D eigenvalue weighted by atomic mass is 10.1. The molecule has 1 saturated heterocycles. The Bertz CT molecular complexity index is 473. The number of phenols is 1. The summed E-state index contributed by atoms with van der Waals surface area (Å²) in [6, 6.07) is 4.83. The number of piperidine rings is 1. The van der Waals surface area contributed by atoms with Crippen LogP contribution in [0.3, 0.4) is 0 Å². The highest BCUT2D eigenvalue weighted by Crippen LogP contribution is 2.21. The van der Waals surface area contributed by atoms with Gasteiger partial charge in [0.1, 0.15) is 5.75 Å². The second kappa shape index (κ2) is 6.95. The number of halogens is 1. The molecule has 0 bridgehead atoms. The molecular weight excluding hydrogens is 276 g/mol. The molecule has 2 rings (SSSR count). The predicted molar refractivity (Wildman–Crippen MR) is 80.3 cm³/mol. The summed E-state index contributed by atoms with van der Waals surface area (Å²) < 4.78 is 0. The van der Waals surface area contributed by atoms with Crippen molar-refractivity contribution in [2.45, 2.75) is 32.2 Å². The van der Waals surface area contributed by atoms with E-state index in [0.717, 1.165) is 13.1 Å². The second-order valence-electron chi connectivity index (χ2n) is 5.32. The van der Waals surface area contributed by atoms with Crippen molar-refractivity contribution < 1.29 is 9.90 Å². The minimum absolute atomic E-state index is 0.0828. The number of carbonyl (C=O) groups excluding carboxylic acids is 1. The van der Waals surface area contributed by atoms with E-state index in [-0.39, 0.29) is 17.2 Å². The van der Waals surface area contributed by atoms with Crippen LogP contribution in [0.25, 0.3) is 0 Å². The molecule has 0 radical (unpaired) electrons. The van der Waals surface area contributed by atoms with Crippen molar-refractivity contribution in [1.29, 1.82) is 0 Å². The normalized spacial score (nSPS) is 17.7. The van der Waals surface area contributed by atoms with E-state index in [4.69, 9.17) is 11.6 Å². The molecule has 110 valence electrons. The lowest BCUT2D eigenvalue weighted by Crippen LogP contribution is -2.44. The minimum Gasteiger partial charge on any atom is -0.507 e. The van der Waals surface area contributed by atoms with Crippen LogP contribution in [-0.2, 0) is 0 Å². The van der Waals surface area contributed by atoms with E-state index in [9.17, 15) is 9.90 Å². The molecular formula is C15H21ClN2O2. The third kappa shape index (κ3) is 3.87. The highest BCUT2D eigenvalue weighted by molar-refractivity contribution is 6.30. The first kappa shape index (κ1) is 15.1. The van der Waals surface area contributed by atoms with Crippen LogP contribution in [0.4, 0.5) is 0 Å².